The summed E-state index contributed by atoms with van der Waals surface area (Å²) in [5.74, 6) is -0.214. The molecule has 3 aromatic carbocycles. The summed E-state index contributed by atoms with van der Waals surface area (Å²) in [6, 6.07) is 20.9. The minimum atomic E-state index is -0.508. The lowest BCUT2D eigenvalue weighted by Crippen LogP contribution is -2.09. The number of carbonyl (C=O) groups is 1. The van der Waals surface area contributed by atoms with Gasteiger partial charge < -0.3 is 9.15 Å². The summed E-state index contributed by atoms with van der Waals surface area (Å²) in [6.45, 7) is -0.200. The smallest absolute Gasteiger partial charge is 0.338 e. The SMILES string of the molecule is O=C(OCc1nnc(-c2ccc([N+](=O)[O-])cc2)o1)c1ccccc1Cc1nc2ccccc2s1. The molecular weight excluding hydrogens is 456 g/mol. The van der Waals surface area contributed by atoms with Gasteiger partial charge in [-0.05, 0) is 35.9 Å². The fourth-order valence-corrected chi connectivity index (χ4v) is 4.38. The number of carbonyl (C=O) groups excluding carboxylic acids is 1. The maximum absolute atomic E-state index is 12.8. The third-order valence-corrected chi connectivity index (χ3v) is 6.07. The molecule has 9 nitrogen and oxygen atoms in total. The molecule has 0 aliphatic carbocycles. The first-order valence-electron chi connectivity index (χ1n) is 10.2. The van der Waals surface area contributed by atoms with Gasteiger partial charge in [-0.25, -0.2) is 9.78 Å². The molecule has 5 rings (SSSR count). The molecule has 2 heterocycles. The maximum atomic E-state index is 12.8. The Labute approximate surface area is 196 Å². The van der Waals surface area contributed by atoms with E-state index in [0.717, 1.165) is 20.8 Å². The first kappa shape index (κ1) is 21.4. The van der Waals surface area contributed by atoms with Gasteiger partial charge in [-0.1, -0.05) is 30.3 Å². The summed E-state index contributed by atoms with van der Waals surface area (Å²) in [5, 5.41) is 19.5. The predicted molar refractivity (Wildman–Crippen MR) is 124 cm³/mol. The van der Waals surface area contributed by atoms with Crippen LogP contribution in [0.25, 0.3) is 21.7 Å². The number of para-hydroxylation sites is 1. The van der Waals surface area contributed by atoms with E-state index in [4.69, 9.17) is 9.15 Å². The zero-order valence-electron chi connectivity index (χ0n) is 17.6. The zero-order valence-corrected chi connectivity index (χ0v) is 18.4. The molecule has 10 heteroatoms. The Hall–Kier alpha value is -4.44. The highest BCUT2D eigenvalue weighted by Gasteiger charge is 2.17. The number of hydrogen-bond acceptors (Lipinski definition) is 9. The number of fused-ring (bicyclic) bond motifs is 1. The topological polar surface area (TPSA) is 121 Å². The predicted octanol–water partition coefficient (Wildman–Crippen LogP) is 5.20. The number of thiazole rings is 1. The van der Waals surface area contributed by atoms with E-state index in [0.29, 0.717) is 17.5 Å². The van der Waals surface area contributed by atoms with Gasteiger partial charge in [0.1, 0.15) is 0 Å². The molecule has 0 saturated heterocycles. The minimum absolute atomic E-state index is 0.0399. The number of esters is 1. The van der Waals surface area contributed by atoms with Crippen molar-refractivity contribution in [1.29, 1.82) is 0 Å². The van der Waals surface area contributed by atoms with Crippen LogP contribution in [-0.4, -0.2) is 26.1 Å². The van der Waals surface area contributed by atoms with Gasteiger partial charge in [0.25, 0.3) is 11.6 Å². The molecule has 0 unspecified atom stereocenters. The van der Waals surface area contributed by atoms with Crippen molar-refractivity contribution in [3.8, 4) is 11.5 Å². The molecular formula is C24H16N4O5S. The lowest BCUT2D eigenvalue weighted by atomic mass is 10.1. The normalized spacial score (nSPS) is 10.9. The summed E-state index contributed by atoms with van der Waals surface area (Å²) >= 11 is 1.59. The van der Waals surface area contributed by atoms with E-state index >= 15 is 0 Å². The second-order valence-electron chi connectivity index (χ2n) is 7.29. The molecule has 0 amide bonds. The van der Waals surface area contributed by atoms with E-state index in [-0.39, 0.29) is 24.1 Å². The molecule has 34 heavy (non-hydrogen) atoms. The van der Waals surface area contributed by atoms with Crippen molar-refractivity contribution in [3.63, 3.8) is 0 Å². The molecule has 5 aromatic rings. The molecule has 0 atom stereocenters. The van der Waals surface area contributed by atoms with Gasteiger partial charge in [0, 0.05) is 24.1 Å². The standard InChI is InChI=1S/C24H16N4O5S/c29-24(32-14-21-26-27-23(33-21)15-9-11-17(12-10-15)28(30)31)18-6-2-1-5-16(18)13-22-25-19-7-3-4-8-20(19)34-22/h1-12H,13-14H2. The average molecular weight is 472 g/mol. The fourth-order valence-electron chi connectivity index (χ4n) is 3.39. The Morgan fingerprint density at radius 1 is 1.00 bits per heavy atom. The van der Waals surface area contributed by atoms with Crippen LogP contribution in [0.4, 0.5) is 5.69 Å². The maximum Gasteiger partial charge on any atom is 0.338 e. The molecule has 0 bridgehead atoms. The third kappa shape index (κ3) is 4.52. The number of rotatable bonds is 7. The van der Waals surface area contributed by atoms with Crippen LogP contribution in [0.1, 0.15) is 26.8 Å². The monoisotopic (exact) mass is 472 g/mol. The van der Waals surface area contributed by atoms with Crippen LogP contribution in [0.2, 0.25) is 0 Å². The number of aromatic nitrogens is 3. The molecule has 0 radical (unpaired) electrons. The quantitative estimate of drug-likeness (QED) is 0.180. The van der Waals surface area contributed by atoms with E-state index in [2.05, 4.69) is 15.2 Å². The molecule has 0 spiro atoms. The first-order chi connectivity index (χ1) is 16.6. The lowest BCUT2D eigenvalue weighted by Gasteiger charge is -2.07. The second kappa shape index (κ2) is 9.20. The van der Waals surface area contributed by atoms with Crippen LogP contribution in [0.5, 0.6) is 0 Å². The number of non-ortho nitro benzene ring substituents is 1. The van der Waals surface area contributed by atoms with Crippen molar-refractivity contribution in [2.75, 3.05) is 0 Å². The van der Waals surface area contributed by atoms with Crippen molar-refractivity contribution in [2.45, 2.75) is 13.0 Å². The molecule has 0 aliphatic rings. The molecule has 2 aromatic heterocycles. The highest BCUT2D eigenvalue weighted by Crippen LogP contribution is 2.25. The van der Waals surface area contributed by atoms with Gasteiger partial charge >= 0.3 is 5.97 Å². The number of ether oxygens (including phenoxy) is 1. The second-order valence-corrected chi connectivity index (χ2v) is 8.41. The lowest BCUT2D eigenvalue weighted by molar-refractivity contribution is -0.384. The van der Waals surface area contributed by atoms with Crippen molar-refractivity contribution in [2.24, 2.45) is 0 Å². The van der Waals surface area contributed by atoms with Crippen LogP contribution in [0.3, 0.4) is 0 Å². The molecule has 0 N–H and O–H groups in total. The van der Waals surface area contributed by atoms with E-state index in [1.54, 1.807) is 23.5 Å². The summed E-state index contributed by atoms with van der Waals surface area (Å²) in [6.07, 6.45) is 0.509. The van der Waals surface area contributed by atoms with Crippen LogP contribution in [0.15, 0.2) is 77.2 Å². The van der Waals surface area contributed by atoms with Gasteiger partial charge in [0.05, 0.1) is 25.7 Å². The summed E-state index contributed by atoms with van der Waals surface area (Å²) in [4.78, 5) is 27.7. The van der Waals surface area contributed by atoms with Crippen LogP contribution < -0.4 is 0 Å². The van der Waals surface area contributed by atoms with Gasteiger partial charge in [-0.15, -0.1) is 21.5 Å². The number of nitrogens with zero attached hydrogens (tertiary/aromatic N) is 4. The Morgan fingerprint density at radius 3 is 2.56 bits per heavy atom. The number of nitro benzene ring substituents is 1. The van der Waals surface area contributed by atoms with E-state index in [1.807, 2.05) is 36.4 Å². The first-order valence-corrected chi connectivity index (χ1v) is 11.0. The highest BCUT2D eigenvalue weighted by molar-refractivity contribution is 7.18. The molecule has 168 valence electrons. The Balaban J connectivity index is 1.27. The van der Waals surface area contributed by atoms with Gasteiger partial charge in [0.2, 0.25) is 5.89 Å². The van der Waals surface area contributed by atoms with Crippen LogP contribution in [0, 0.1) is 10.1 Å². The number of nitro groups is 1. The van der Waals surface area contributed by atoms with Crippen LogP contribution >= 0.6 is 11.3 Å². The highest BCUT2D eigenvalue weighted by atomic mass is 32.1. The van der Waals surface area contributed by atoms with Gasteiger partial charge in [-0.2, -0.15) is 0 Å². The summed E-state index contributed by atoms with van der Waals surface area (Å²) in [7, 11) is 0. The Kier molecular flexibility index (Phi) is 5.79. The van der Waals surface area contributed by atoms with E-state index in [1.165, 1.54) is 24.3 Å². The minimum Gasteiger partial charge on any atom is -0.452 e. The largest absolute Gasteiger partial charge is 0.452 e. The van der Waals surface area contributed by atoms with Crippen molar-refractivity contribution in [1.82, 2.24) is 15.2 Å². The third-order valence-electron chi connectivity index (χ3n) is 5.04. The summed E-state index contributed by atoms with van der Waals surface area (Å²) < 4.78 is 12.0. The van der Waals surface area contributed by atoms with Crippen molar-refractivity contribution >= 4 is 33.2 Å². The Morgan fingerprint density at radius 2 is 1.76 bits per heavy atom. The van der Waals surface area contributed by atoms with Gasteiger partial charge in [-0.3, -0.25) is 10.1 Å². The van der Waals surface area contributed by atoms with E-state index < -0.39 is 10.9 Å². The Bertz CT molecular complexity index is 1460. The van der Waals surface area contributed by atoms with Gasteiger partial charge in [0.15, 0.2) is 6.61 Å². The fraction of sp³-hybridized carbons (Fsp3) is 0.0833. The molecule has 0 fully saturated rings. The number of hydrogen-bond donors (Lipinski definition) is 0. The number of benzene rings is 3. The average Bonchev–Trinajstić information content (AvgIpc) is 3.49. The summed E-state index contributed by atoms with van der Waals surface area (Å²) in [5.41, 5.74) is 2.67. The van der Waals surface area contributed by atoms with Crippen LogP contribution in [-0.2, 0) is 17.8 Å². The van der Waals surface area contributed by atoms with Crippen molar-refractivity contribution in [3.05, 3.63) is 105 Å². The van der Waals surface area contributed by atoms with Crippen molar-refractivity contribution < 1.29 is 18.9 Å². The van der Waals surface area contributed by atoms with E-state index in [9.17, 15) is 14.9 Å². The zero-order chi connectivity index (χ0) is 23.5. The molecule has 0 aliphatic heterocycles. The molecule has 0 saturated carbocycles.